The average molecular weight is 254 g/mol. The van der Waals surface area contributed by atoms with Crippen LogP contribution in [0.4, 0.5) is 0 Å². The molecular formula is C17H18O2. The molecule has 0 saturated heterocycles. The number of fused-ring (bicyclic) bond motifs is 1. The highest BCUT2D eigenvalue weighted by atomic mass is 16.5. The van der Waals surface area contributed by atoms with E-state index in [-0.39, 0.29) is 0 Å². The van der Waals surface area contributed by atoms with Crippen LogP contribution in [0.15, 0.2) is 48.5 Å². The average Bonchev–Trinajstić information content (AvgIpc) is 2.46. The van der Waals surface area contributed by atoms with Gasteiger partial charge >= 0.3 is 0 Å². The van der Waals surface area contributed by atoms with Gasteiger partial charge in [-0.1, -0.05) is 36.4 Å². The number of ether oxygens (including phenoxy) is 2. The maximum absolute atomic E-state index is 5.98. The zero-order valence-electron chi connectivity index (χ0n) is 11.1. The van der Waals surface area contributed by atoms with Crippen molar-refractivity contribution in [2.24, 2.45) is 0 Å². The molecule has 2 heteroatoms. The molecule has 0 radical (unpaired) electrons. The summed E-state index contributed by atoms with van der Waals surface area (Å²) in [5.41, 5.74) is 2.45. The van der Waals surface area contributed by atoms with Crippen LogP contribution in [0.25, 0.3) is 0 Å². The summed E-state index contributed by atoms with van der Waals surface area (Å²) in [6, 6.07) is 16.4. The standard InChI is InChI=1S/C17H18O2/c1-13-6-2-4-8-16(13)19-12-14-10-11-18-17-9-5-3-7-15(14)17/h2-9,14H,10-12H2,1H3. The predicted molar refractivity (Wildman–Crippen MR) is 76.0 cm³/mol. The van der Waals surface area contributed by atoms with Gasteiger partial charge in [-0.3, -0.25) is 0 Å². The molecule has 1 unspecified atom stereocenters. The van der Waals surface area contributed by atoms with Crippen molar-refractivity contribution < 1.29 is 9.47 Å². The fourth-order valence-electron chi connectivity index (χ4n) is 2.50. The minimum Gasteiger partial charge on any atom is -0.493 e. The van der Waals surface area contributed by atoms with Crippen LogP contribution in [0.2, 0.25) is 0 Å². The fraction of sp³-hybridized carbons (Fsp3) is 0.294. The smallest absolute Gasteiger partial charge is 0.122 e. The molecule has 0 spiro atoms. The number of aryl methyl sites for hydroxylation is 1. The van der Waals surface area contributed by atoms with Gasteiger partial charge < -0.3 is 9.47 Å². The lowest BCUT2D eigenvalue weighted by molar-refractivity contribution is 0.217. The van der Waals surface area contributed by atoms with Crippen LogP contribution < -0.4 is 9.47 Å². The lowest BCUT2D eigenvalue weighted by atomic mass is 9.94. The van der Waals surface area contributed by atoms with Gasteiger partial charge in [-0.2, -0.15) is 0 Å². The van der Waals surface area contributed by atoms with Gasteiger partial charge in [0.15, 0.2) is 0 Å². The molecule has 1 heterocycles. The van der Waals surface area contributed by atoms with Crippen LogP contribution in [-0.4, -0.2) is 13.2 Å². The molecule has 2 aromatic rings. The molecule has 0 saturated carbocycles. The number of benzene rings is 2. The molecule has 3 rings (SSSR count). The first kappa shape index (κ1) is 12.1. The van der Waals surface area contributed by atoms with Crippen molar-refractivity contribution in [2.75, 3.05) is 13.2 Å². The van der Waals surface area contributed by atoms with Crippen molar-refractivity contribution in [1.29, 1.82) is 0 Å². The van der Waals surface area contributed by atoms with E-state index in [1.807, 2.05) is 30.3 Å². The van der Waals surface area contributed by atoms with Crippen molar-refractivity contribution in [3.05, 3.63) is 59.7 Å². The Bertz CT molecular complexity index is 563. The zero-order chi connectivity index (χ0) is 13.1. The molecule has 2 aromatic carbocycles. The number of rotatable bonds is 3. The Kier molecular flexibility index (Phi) is 3.41. The number of hydrogen-bond donors (Lipinski definition) is 0. The summed E-state index contributed by atoms with van der Waals surface area (Å²) in [5.74, 6) is 2.41. The molecule has 98 valence electrons. The molecule has 1 atom stereocenters. The Morgan fingerprint density at radius 2 is 1.89 bits per heavy atom. The molecule has 2 nitrogen and oxygen atoms in total. The van der Waals surface area contributed by atoms with Gasteiger partial charge in [-0.25, -0.2) is 0 Å². The SMILES string of the molecule is Cc1ccccc1OCC1CCOc2ccccc21. The predicted octanol–water partition coefficient (Wildman–Crippen LogP) is 3.94. The van der Waals surface area contributed by atoms with Gasteiger partial charge in [-0.05, 0) is 31.0 Å². The molecule has 1 aliphatic rings. The molecule has 0 fully saturated rings. The van der Waals surface area contributed by atoms with E-state index in [4.69, 9.17) is 9.47 Å². The summed E-state index contributed by atoms with van der Waals surface area (Å²) in [6.45, 7) is 3.57. The van der Waals surface area contributed by atoms with Gasteiger partial charge in [0.25, 0.3) is 0 Å². The summed E-state index contributed by atoms with van der Waals surface area (Å²) in [4.78, 5) is 0. The summed E-state index contributed by atoms with van der Waals surface area (Å²) in [7, 11) is 0. The monoisotopic (exact) mass is 254 g/mol. The van der Waals surface area contributed by atoms with E-state index in [0.29, 0.717) is 12.5 Å². The first-order chi connectivity index (χ1) is 9.34. The van der Waals surface area contributed by atoms with Crippen LogP contribution in [0.3, 0.4) is 0 Å². The summed E-state index contributed by atoms with van der Waals surface area (Å²) in [5, 5.41) is 0. The third-order valence-corrected chi connectivity index (χ3v) is 3.62. The summed E-state index contributed by atoms with van der Waals surface area (Å²) < 4.78 is 11.7. The van der Waals surface area contributed by atoms with E-state index in [2.05, 4.69) is 25.1 Å². The molecule has 0 aromatic heterocycles. The van der Waals surface area contributed by atoms with E-state index >= 15 is 0 Å². The zero-order valence-corrected chi connectivity index (χ0v) is 11.1. The Labute approximate surface area is 114 Å². The second-order valence-corrected chi connectivity index (χ2v) is 4.95. The van der Waals surface area contributed by atoms with Gasteiger partial charge in [0, 0.05) is 11.5 Å². The van der Waals surface area contributed by atoms with Gasteiger partial charge in [-0.15, -0.1) is 0 Å². The Morgan fingerprint density at radius 1 is 1.11 bits per heavy atom. The van der Waals surface area contributed by atoms with Crippen LogP contribution >= 0.6 is 0 Å². The van der Waals surface area contributed by atoms with Crippen LogP contribution in [0, 0.1) is 6.92 Å². The second kappa shape index (κ2) is 5.35. The van der Waals surface area contributed by atoms with E-state index in [1.165, 1.54) is 11.1 Å². The van der Waals surface area contributed by atoms with Gasteiger partial charge in [0.2, 0.25) is 0 Å². The first-order valence-corrected chi connectivity index (χ1v) is 6.75. The molecule has 0 aliphatic carbocycles. The maximum Gasteiger partial charge on any atom is 0.122 e. The topological polar surface area (TPSA) is 18.5 Å². The minimum absolute atomic E-state index is 0.421. The van der Waals surface area contributed by atoms with Crippen molar-refractivity contribution in [2.45, 2.75) is 19.3 Å². The minimum atomic E-state index is 0.421. The highest BCUT2D eigenvalue weighted by Gasteiger charge is 2.21. The van der Waals surface area contributed by atoms with Gasteiger partial charge in [0.05, 0.1) is 13.2 Å². The Morgan fingerprint density at radius 3 is 2.79 bits per heavy atom. The van der Waals surface area contributed by atoms with Crippen molar-refractivity contribution >= 4 is 0 Å². The number of para-hydroxylation sites is 2. The molecule has 19 heavy (non-hydrogen) atoms. The van der Waals surface area contributed by atoms with Crippen molar-refractivity contribution in [3.8, 4) is 11.5 Å². The largest absolute Gasteiger partial charge is 0.493 e. The van der Waals surface area contributed by atoms with E-state index in [9.17, 15) is 0 Å². The molecular weight excluding hydrogens is 236 g/mol. The molecule has 0 N–H and O–H groups in total. The lowest BCUT2D eigenvalue weighted by Crippen LogP contribution is -2.19. The van der Waals surface area contributed by atoms with E-state index in [1.54, 1.807) is 0 Å². The number of hydrogen-bond acceptors (Lipinski definition) is 2. The second-order valence-electron chi connectivity index (χ2n) is 4.95. The maximum atomic E-state index is 5.98. The quantitative estimate of drug-likeness (QED) is 0.826. The summed E-state index contributed by atoms with van der Waals surface area (Å²) >= 11 is 0. The Balaban J connectivity index is 1.73. The lowest BCUT2D eigenvalue weighted by Gasteiger charge is -2.26. The molecule has 0 amide bonds. The highest BCUT2D eigenvalue weighted by molar-refractivity contribution is 5.38. The normalized spacial score (nSPS) is 17.4. The fourth-order valence-corrected chi connectivity index (χ4v) is 2.50. The Hall–Kier alpha value is -1.96. The van der Waals surface area contributed by atoms with Crippen LogP contribution in [0.1, 0.15) is 23.5 Å². The van der Waals surface area contributed by atoms with Crippen LogP contribution in [0.5, 0.6) is 11.5 Å². The highest BCUT2D eigenvalue weighted by Crippen LogP contribution is 2.33. The van der Waals surface area contributed by atoms with E-state index < -0.39 is 0 Å². The third kappa shape index (κ3) is 2.58. The summed E-state index contributed by atoms with van der Waals surface area (Å²) in [6.07, 6.45) is 1.02. The molecule has 1 aliphatic heterocycles. The van der Waals surface area contributed by atoms with E-state index in [0.717, 1.165) is 24.5 Å². The third-order valence-electron chi connectivity index (χ3n) is 3.62. The van der Waals surface area contributed by atoms with Crippen molar-refractivity contribution in [3.63, 3.8) is 0 Å². The van der Waals surface area contributed by atoms with Gasteiger partial charge in [0.1, 0.15) is 11.5 Å². The van der Waals surface area contributed by atoms with Crippen LogP contribution in [-0.2, 0) is 0 Å². The molecule has 0 bridgehead atoms. The first-order valence-electron chi connectivity index (χ1n) is 6.75. The van der Waals surface area contributed by atoms with Crippen molar-refractivity contribution in [1.82, 2.24) is 0 Å².